The van der Waals surface area contributed by atoms with Crippen LogP contribution in [-0.4, -0.2) is 35.3 Å². The molecule has 0 atom stereocenters. The zero-order valence-electron chi connectivity index (χ0n) is 15.4. The van der Waals surface area contributed by atoms with E-state index in [2.05, 4.69) is 12.1 Å². The molecule has 1 heterocycles. The Hall–Kier alpha value is -1.55. The van der Waals surface area contributed by atoms with Crippen LogP contribution in [-0.2, 0) is 5.41 Å². The third-order valence-corrected chi connectivity index (χ3v) is 7.43. The number of carbonyl (C=O) groups is 1. The maximum atomic E-state index is 12.3. The van der Waals surface area contributed by atoms with Gasteiger partial charge in [0, 0.05) is 13.1 Å². The molecule has 0 aromatic heterocycles. The van der Waals surface area contributed by atoms with E-state index in [1.165, 1.54) is 44.1 Å². The molecule has 1 aromatic carbocycles. The van der Waals surface area contributed by atoms with Gasteiger partial charge in [0.1, 0.15) is 5.75 Å². The molecule has 6 rings (SSSR count). The summed E-state index contributed by atoms with van der Waals surface area (Å²) >= 11 is 0. The Morgan fingerprint density at radius 1 is 0.962 bits per heavy atom. The molecule has 0 radical (unpaired) electrons. The minimum atomic E-state index is -0.292. The summed E-state index contributed by atoms with van der Waals surface area (Å²) in [6, 6.07) is 8.36. The average Bonchev–Trinajstić information content (AvgIpc) is 2.61. The molecule has 0 unspecified atom stereocenters. The number of hydrogen-bond donors (Lipinski definition) is 1. The van der Waals surface area contributed by atoms with Gasteiger partial charge < -0.3 is 14.7 Å². The van der Waals surface area contributed by atoms with Crippen LogP contribution in [0, 0.1) is 17.8 Å². The highest BCUT2D eigenvalue weighted by atomic mass is 16.6. The maximum absolute atomic E-state index is 12.3. The Bertz CT molecular complexity index is 640. The molecule has 5 aliphatic rings. The lowest BCUT2D eigenvalue weighted by Gasteiger charge is -2.57. The summed E-state index contributed by atoms with van der Waals surface area (Å²) in [5, 5.41) is 9.57. The maximum Gasteiger partial charge on any atom is 0.415 e. The monoisotopic (exact) mass is 355 g/mol. The molecule has 1 N–H and O–H groups in total. The summed E-state index contributed by atoms with van der Waals surface area (Å²) in [6.45, 7) is 1.15. The van der Waals surface area contributed by atoms with E-state index in [1.54, 1.807) is 4.90 Å². The van der Waals surface area contributed by atoms with Crippen LogP contribution in [0.2, 0.25) is 0 Å². The molecule has 1 aliphatic heterocycles. The lowest BCUT2D eigenvalue weighted by molar-refractivity contribution is -0.00519. The van der Waals surface area contributed by atoms with E-state index >= 15 is 0 Å². The number of nitrogens with zero attached hydrogens (tertiary/aromatic N) is 1. The van der Waals surface area contributed by atoms with Gasteiger partial charge in [-0.15, -0.1) is 0 Å². The van der Waals surface area contributed by atoms with Crippen molar-refractivity contribution in [2.24, 2.45) is 17.8 Å². The third kappa shape index (κ3) is 2.92. The zero-order chi connectivity index (χ0) is 17.7. The van der Waals surface area contributed by atoms with Crippen LogP contribution in [0.3, 0.4) is 0 Å². The fourth-order valence-corrected chi connectivity index (χ4v) is 6.55. The van der Waals surface area contributed by atoms with Crippen LogP contribution in [0.4, 0.5) is 4.79 Å². The fourth-order valence-electron chi connectivity index (χ4n) is 6.55. The predicted molar refractivity (Wildman–Crippen MR) is 99.1 cm³/mol. The number of rotatable bonds is 2. The average molecular weight is 355 g/mol. The van der Waals surface area contributed by atoms with Gasteiger partial charge in [-0.2, -0.15) is 0 Å². The van der Waals surface area contributed by atoms with Gasteiger partial charge in [-0.3, -0.25) is 0 Å². The largest absolute Gasteiger partial charge is 0.415 e. The van der Waals surface area contributed by atoms with Crippen molar-refractivity contribution in [2.45, 2.75) is 62.9 Å². The summed E-state index contributed by atoms with van der Waals surface area (Å²) in [4.78, 5) is 14.0. The number of ether oxygens (including phenoxy) is 1. The predicted octanol–water partition coefficient (Wildman–Crippen LogP) is 4.11. The highest BCUT2D eigenvalue weighted by Gasteiger charge is 2.51. The lowest BCUT2D eigenvalue weighted by atomic mass is 9.48. The third-order valence-electron chi connectivity index (χ3n) is 7.43. The lowest BCUT2D eigenvalue weighted by Crippen LogP contribution is -2.48. The van der Waals surface area contributed by atoms with Gasteiger partial charge in [-0.25, -0.2) is 4.79 Å². The smallest absolute Gasteiger partial charge is 0.410 e. The summed E-state index contributed by atoms with van der Waals surface area (Å²) in [6.07, 6.45) is 9.15. The summed E-state index contributed by atoms with van der Waals surface area (Å²) in [5.41, 5.74) is 1.85. The van der Waals surface area contributed by atoms with Crippen molar-refractivity contribution in [3.05, 3.63) is 29.8 Å². The Labute approximate surface area is 155 Å². The van der Waals surface area contributed by atoms with Crippen molar-refractivity contribution in [1.82, 2.24) is 4.90 Å². The number of hydrogen-bond acceptors (Lipinski definition) is 3. The number of amides is 1. The first-order chi connectivity index (χ1) is 12.6. The number of aliphatic hydroxyl groups is 1. The first-order valence-corrected chi connectivity index (χ1v) is 10.3. The number of carbonyl (C=O) groups excluding carboxylic acids is 1. The van der Waals surface area contributed by atoms with Crippen molar-refractivity contribution in [3.8, 4) is 5.75 Å². The molecule has 1 aromatic rings. The zero-order valence-corrected chi connectivity index (χ0v) is 15.4. The van der Waals surface area contributed by atoms with Crippen molar-refractivity contribution in [1.29, 1.82) is 0 Å². The molecule has 4 heteroatoms. The van der Waals surface area contributed by atoms with Crippen molar-refractivity contribution >= 4 is 6.09 Å². The molecule has 4 bridgehead atoms. The summed E-state index contributed by atoms with van der Waals surface area (Å²) in [5.74, 6) is 3.45. The van der Waals surface area contributed by atoms with E-state index in [0.29, 0.717) is 37.1 Å². The van der Waals surface area contributed by atoms with Crippen LogP contribution < -0.4 is 4.74 Å². The van der Waals surface area contributed by atoms with Crippen LogP contribution in [0.15, 0.2) is 24.3 Å². The van der Waals surface area contributed by atoms with Gasteiger partial charge >= 0.3 is 6.09 Å². The molecule has 4 nitrogen and oxygen atoms in total. The minimum Gasteiger partial charge on any atom is -0.410 e. The molecule has 4 aliphatic carbocycles. The molecular formula is C22H29NO3. The number of aliphatic hydroxyl groups excluding tert-OH is 1. The minimum absolute atomic E-state index is 0.279. The van der Waals surface area contributed by atoms with Crippen LogP contribution >= 0.6 is 0 Å². The van der Waals surface area contributed by atoms with Crippen LogP contribution in [0.5, 0.6) is 5.75 Å². The van der Waals surface area contributed by atoms with Crippen LogP contribution in [0.1, 0.15) is 56.9 Å². The first kappa shape index (κ1) is 16.6. The van der Waals surface area contributed by atoms with E-state index in [4.69, 9.17) is 4.74 Å². The van der Waals surface area contributed by atoms with Crippen molar-refractivity contribution in [3.63, 3.8) is 0 Å². The molecule has 5 fully saturated rings. The normalized spacial score (nSPS) is 36.3. The summed E-state index contributed by atoms with van der Waals surface area (Å²) in [7, 11) is 0. The molecule has 1 saturated heterocycles. The molecule has 26 heavy (non-hydrogen) atoms. The van der Waals surface area contributed by atoms with Gasteiger partial charge in [-0.1, -0.05) is 12.1 Å². The highest BCUT2D eigenvalue weighted by Crippen LogP contribution is 2.60. The highest BCUT2D eigenvalue weighted by molar-refractivity contribution is 5.70. The standard InChI is InChI=1S/C22H29NO3/c24-19-5-7-23(8-6-19)21(25)26-20-3-1-18(2-4-20)22-12-15-9-16(13-22)11-17(10-15)14-22/h1-4,15-17,19,24H,5-14H2. The van der Waals surface area contributed by atoms with E-state index < -0.39 is 0 Å². The quantitative estimate of drug-likeness (QED) is 0.868. The summed E-state index contributed by atoms with van der Waals surface area (Å²) < 4.78 is 5.57. The van der Waals surface area contributed by atoms with Gasteiger partial charge in [0.05, 0.1) is 6.10 Å². The topological polar surface area (TPSA) is 49.8 Å². The first-order valence-electron chi connectivity index (χ1n) is 10.3. The van der Waals surface area contributed by atoms with E-state index in [1.807, 2.05) is 12.1 Å². The molecule has 140 valence electrons. The second-order valence-corrected chi connectivity index (χ2v) is 9.31. The van der Waals surface area contributed by atoms with Crippen LogP contribution in [0.25, 0.3) is 0 Å². The van der Waals surface area contributed by atoms with E-state index in [9.17, 15) is 9.90 Å². The number of benzene rings is 1. The Morgan fingerprint density at radius 2 is 1.50 bits per heavy atom. The van der Waals surface area contributed by atoms with Gasteiger partial charge in [0.25, 0.3) is 0 Å². The Balaban J connectivity index is 1.27. The van der Waals surface area contributed by atoms with Gasteiger partial charge in [0.15, 0.2) is 0 Å². The Morgan fingerprint density at radius 3 is 2.04 bits per heavy atom. The van der Waals surface area contributed by atoms with Gasteiger partial charge in [-0.05, 0) is 92.2 Å². The fraction of sp³-hybridized carbons (Fsp3) is 0.682. The number of likely N-dealkylation sites (tertiary alicyclic amines) is 1. The van der Waals surface area contributed by atoms with Crippen molar-refractivity contribution < 1.29 is 14.6 Å². The molecule has 0 spiro atoms. The second-order valence-electron chi connectivity index (χ2n) is 9.31. The molecule has 1 amide bonds. The van der Waals surface area contributed by atoms with Crippen molar-refractivity contribution in [2.75, 3.05) is 13.1 Å². The van der Waals surface area contributed by atoms with Gasteiger partial charge in [0.2, 0.25) is 0 Å². The Kier molecular flexibility index (Phi) is 4.00. The van der Waals surface area contributed by atoms with E-state index in [0.717, 1.165) is 17.8 Å². The van der Waals surface area contributed by atoms with E-state index in [-0.39, 0.29) is 12.2 Å². The second kappa shape index (κ2) is 6.26. The number of piperidine rings is 1. The molecule has 4 saturated carbocycles. The SMILES string of the molecule is O=C(Oc1ccc(C23CC4CC(CC(C4)C2)C3)cc1)N1CCC(O)CC1. The molecular weight excluding hydrogens is 326 g/mol.